The minimum atomic E-state index is -3.73. The third-order valence-corrected chi connectivity index (χ3v) is 8.07. The van der Waals surface area contributed by atoms with Gasteiger partial charge < -0.3 is 15.0 Å². The Balaban J connectivity index is 1.31. The number of ether oxygens (including phenoxy) is 1. The van der Waals surface area contributed by atoms with Crippen molar-refractivity contribution in [3.63, 3.8) is 0 Å². The van der Waals surface area contributed by atoms with Crippen LogP contribution in [0.2, 0.25) is 5.02 Å². The first-order valence-electron chi connectivity index (χ1n) is 13.0. The van der Waals surface area contributed by atoms with Crippen LogP contribution in [0.25, 0.3) is 21.9 Å². The number of rotatable bonds is 14. The number of hydrogen-bond acceptors (Lipinski definition) is 6. The summed E-state index contributed by atoms with van der Waals surface area (Å²) < 4.78 is 35.3. The topological polar surface area (TPSA) is 83.6 Å². The first-order chi connectivity index (χ1) is 18.8. The third kappa shape index (κ3) is 8.24. The second-order valence-electron chi connectivity index (χ2n) is 9.59. The van der Waals surface area contributed by atoms with Crippen molar-refractivity contribution in [3.8, 4) is 16.9 Å². The molecule has 0 spiro atoms. The maximum atomic E-state index is 13.3. The van der Waals surface area contributed by atoms with Gasteiger partial charge in [-0.05, 0) is 80.5 Å². The first kappa shape index (κ1) is 29.0. The van der Waals surface area contributed by atoms with Gasteiger partial charge in [0.1, 0.15) is 12.4 Å². The Morgan fingerprint density at radius 2 is 1.77 bits per heavy atom. The number of sulfonamides is 1. The predicted molar refractivity (Wildman–Crippen MR) is 159 cm³/mol. The highest BCUT2D eigenvalue weighted by Crippen LogP contribution is 2.30. The number of nitrogens with one attached hydrogen (secondary N) is 2. The molecule has 0 saturated carbocycles. The van der Waals surface area contributed by atoms with Crippen LogP contribution in [0, 0.1) is 0 Å². The average Bonchev–Trinajstić information content (AvgIpc) is 2.93. The standard InChI is InChI=1S/C30H35ClN4O3S/c1-35(2)17-18-38-29-21-27(31)11-10-24(29)9-6-13-32-15-16-34-39(36,37)30-20-25(23-7-4-3-5-8-23)19-26-22-33-14-12-28(26)30/h3-5,7-8,10-12,14,19-22,32,34H,6,9,13,15-18H2,1-2H3. The number of hydrogen-bond donors (Lipinski definition) is 2. The highest BCUT2D eigenvalue weighted by Gasteiger charge is 2.19. The van der Waals surface area contributed by atoms with Gasteiger partial charge in [-0.25, -0.2) is 13.1 Å². The number of benzene rings is 3. The molecule has 4 aromatic rings. The predicted octanol–water partition coefficient (Wildman–Crippen LogP) is 5.00. The lowest BCUT2D eigenvalue weighted by Crippen LogP contribution is -2.32. The zero-order chi connectivity index (χ0) is 27.7. The summed E-state index contributed by atoms with van der Waals surface area (Å²) in [5, 5.41) is 5.42. The van der Waals surface area contributed by atoms with Crippen LogP contribution in [0.5, 0.6) is 5.75 Å². The van der Waals surface area contributed by atoms with Gasteiger partial charge in [-0.3, -0.25) is 4.98 Å². The van der Waals surface area contributed by atoms with E-state index in [0.29, 0.717) is 23.6 Å². The maximum Gasteiger partial charge on any atom is 0.241 e. The molecule has 0 atom stereocenters. The lowest BCUT2D eigenvalue weighted by atomic mass is 10.0. The monoisotopic (exact) mass is 566 g/mol. The zero-order valence-corrected chi connectivity index (χ0v) is 23.9. The summed E-state index contributed by atoms with van der Waals surface area (Å²) in [6, 6.07) is 20.9. The Labute approximate surface area is 236 Å². The van der Waals surface area contributed by atoms with Gasteiger partial charge in [-0.2, -0.15) is 0 Å². The molecule has 0 aliphatic carbocycles. The minimum Gasteiger partial charge on any atom is -0.492 e. The number of halogens is 1. The molecule has 1 aromatic heterocycles. The van der Waals surface area contributed by atoms with Gasteiger partial charge in [0.05, 0.1) is 4.90 Å². The van der Waals surface area contributed by atoms with Gasteiger partial charge in [0.15, 0.2) is 0 Å². The summed E-state index contributed by atoms with van der Waals surface area (Å²) in [6.45, 7) is 2.97. The van der Waals surface area contributed by atoms with Crippen LogP contribution in [-0.4, -0.2) is 65.2 Å². The van der Waals surface area contributed by atoms with E-state index < -0.39 is 10.0 Å². The smallest absolute Gasteiger partial charge is 0.241 e. The summed E-state index contributed by atoms with van der Waals surface area (Å²) in [7, 11) is 0.291. The van der Waals surface area contributed by atoms with Crippen molar-refractivity contribution in [1.82, 2.24) is 19.9 Å². The van der Waals surface area contributed by atoms with Crippen LogP contribution < -0.4 is 14.8 Å². The molecule has 0 amide bonds. The lowest BCUT2D eigenvalue weighted by Gasteiger charge is -2.15. The lowest BCUT2D eigenvalue weighted by molar-refractivity contribution is 0.259. The number of likely N-dealkylation sites (N-methyl/N-ethyl adjacent to an activating group) is 1. The highest BCUT2D eigenvalue weighted by molar-refractivity contribution is 7.89. The first-order valence-corrected chi connectivity index (χ1v) is 14.9. The summed E-state index contributed by atoms with van der Waals surface area (Å²) in [5.74, 6) is 0.817. The molecular weight excluding hydrogens is 532 g/mol. The molecule has 0 unspecified atom stereocenters. The molecular formula is C30H35ClN4O3S. The largest absolute Gasteiger partial charge is 0.492 e. The Hall–Kier alpha value is -3.01. The Morgan fingerprint density at radius 1 is 0.949 bits per heavy atom. The summed E-state index contributed by atoms with van der Waals surface area (Å²) in [5.41, 5.74) is 2.90. The molecule has 0 fully saturated rings. The van der Waals surface area contributed by atoms with Crippen molar-refractivity contribution in [3.05, 3.63) is 89.7 Å². The molecule has 39 heavy (non-hydrogen) atoms. The zero-order valence-electron chi connectivity index (χ0n) is 22.4. The van der Waals surface area contributed by atoms with Crippen molar-refractivity contribution >= 4 is 32.4 Å². The van der Waals surface area contributed by atoms with E-state index in [4.69, 9.17) is 16.3 Å². The molecule has 0 bridgehead atoms. The fourth-order valence-corrected chi connectivity index (χ4v) is 5.73. The molecule has 1 heterocycles. The van der Waals surface area contributed by atoms with Crippen molar-refractivity contribution < 1.29 is 13.2 Å². The van der Waals surface area contributed by atoms with Gasteiger partial charge in [0.25, 0.3) is 0 Å². The summed E-state index contributed by atoms with van der Waals surface area (Å²) in [4.78, 5) is 6.51. The quantitative estimate of drug-likeness (QED) is 0.209. The Bertz CT molecular complexity index is 1480. The Kier molecular flexibility index (Phi) is 10.3. The van der Waals surface area contributed by atoms with Crippen molar-refractivity contribution in [2.45, 2.75) is 17.7 Å². The highest BCUT2D eigenvalue weighted by atomic mass is 35.5. The van der Waals surface area contributed by atoms with Gasteiger partial charge in [-0.1, -0.05) is 48.0 Å². The molecule has 2 N–H and O–H groups in total. The van der Waals surface area contributed by atoms with E-state index in [1.165, 1.54) is 0 Å². The van der Waals surface area contributed by atoms with Crippen LogP contribution in [0.3, 0.4) is 0 Å². The molecule has 9 heteroatoms. The van der Waals surface area contributed by atoms with Crippen LogP contribution >= 0.6 is 11.6 Å². The minimum absolute atomic E-state index is 0.255. The summed E-state index contributed by atoms with van der Waals surface area (Å²) >= 11 is 6.17. The summed E-state index contributed by atoms with van der Waals surface area (Å²) in [6.07, 6.45) is 5.03. The molecule has 4 rings (SSSR count). The second kappa shape index (κ2) is 13.9. The molecule has 7 nitrogen and oxygen atoms in total. The molecule has 0 saturated heterocycles. The van der Waals surface area contributed by atoms with Crippen LogP contribution in [0.15, 0.2) is 84.0 Å². The van der Waals surface area contributed by atoms with Gasteiger partial charge in [0.2, 0.25) is 10.0 Å². The van der Waals surface area contributed by atoms with E-state index in [9.17, 15) is 8.42 Å². The van der Waals surface area contributed by atoms with E-state index >= 15 is 0 Å². The molecule has 0 radical (unpaired) electrons. The SMILES string of the molecule is CN(C)CCOc1cc(Cl)ccc1CCCNCCNS(=O)(=O)c1cc(-c2ccccc2)cc2cnccc12. The van der Waals surface area contributed by atoms with E-state index in [1.807, 2.05) is 68.7 Å². The third-order valence-electron chi connectivity index (χ3n) is 6.33. The number of aryl methyl sites for hydroxylation is 1. The van der Waals surface area contributed by atoms with Gasteiger partial charge >= 0.3 is 0 Å². The van der Waals surface area contributed by atoms with E-state index in [-0.39, 0.29) is 11.4 Å². The number of nitrogens with zero attached hydrogens (tertiary/aromatic N) is 2. The normalized spacial score (nSPS) is 11.8. The Morgan fingerprint density at radius 3 is 2.56 bits per heavy atom. The van der Waals surface area contributed by atoms with Gasteiger partial charge in [-0.15, -0.1) is 0 Å². The fourth-order valence-electron chi connectivity index (χ4n) is 4.28. The van der Waals surface area contributed by atoms with E-state index in [1.54, 1.807) is 24.5 Å². The molecule has 0 aliphatic heterocycles. The number of aromatic nitrogens is 1. The van der Waals surface area contributed by atoms with Crippen molar-refractivity contribution in [2.24, 2.45) is 0 Å². The maximum absolute atomic E-state index is 13.3. The fraction of sp³-hybridized carbons (Fsp3) is 0.300. The number of fused-ring (bicyclic) bond motifs is 1. The van der Waals surface area contributed by atoms with Gasteiger partial charge in [0, 0.05) is 47.8 Å². The molecule has 0 aliphatic rings. The van der Waals surface area contributed by atoms with Crippen molar-refractivity contribution in [2.75, 3.05) is 46.9 Å². The van der Waals surface area contributed by atoms with Crippen LogP contribution in [0.4, 0.5) is 0 Å². The van der Waals surface area contributed by atoms with Crippen molar-refractivity contribution in [1.29, 1.82) is 0 Å². The second-order valence-corrected chi connectivity index (χ2v) is 11.8. The van der Waals surface area contributed by atoms with E-state index in [2.05, 4.69) is 19.9 Å². The van der Waals surface area contributed by atoms with E-state index in [0.717, 1.165) is 53.8 Å². The molecule has 3 aromatic carbocycles. The average molecular weight is 567 g/mol. The van der Waals surface area contributed by atoms with Crippen LogP contribution in [0.1, 0.15) is 12.0 Å². The molecule has 206 valence electrons. The van der Waals surface area contributed by atoms with Crippen LogP contribution in [-0.2, 0) is 16.4 Å². The number of pyridine rings is 1.